The molecule has 0 spiro atoms. The molecule has 0 unspecified atom stereocenters. The van der Waals surface area contributed by atoms with Gasteiger partial charge in [-0.25, -0.2) is 0 Å². The highest BCUT2D eigenvalue weighted by molar-refractivity contribution is 5.65. The minimum atomic E-state index is 0.0712. The standard InChI is InChI=1S/C23H25N3O2/c1-18(17-28-20-10-6-3-7-11-20)25-13-12-22-21(16-25)23(26(24-22)14-15-27)19-8-4-2-5-9-19/h2-11,27H,1,12-17H2. The van der Waals surface area contributed by atoms with Crippen molar-refractivity contribution in [3.8, 4) is 17.0 Å². The van der Waals surface area contributed by atoms with Crippen LogP contribution in [0.2, 0.25) is 0 Å². The lowest BCUT2D eigenvalue weighted by Crippen LogP contribution is -2.31. The van der Waals surface area contributed by atoms with Gasteiger partial charge in [0.15, 0.2) is 0 Å². The Kier molecular flexibility index (Phi) is 5.44. The Morgan fingerprint density at radius 2 is 1.79 bits per heavy atom. The third kappa shape index (κ3) is 3.80. The summed E-state index contributed by atoms with van der Waals surface area (Å²) < 4.78 is 7.81. The molecule has 1 aliphatic rings. The number of aliphatic hydroxyl groups is 1. The molecule has 0 bridgehead atoms. The maximum absolute atomic E-state index is 9.47. The Balaban J connectivity index is 1.55. The second-order valence-corrected chi connectivity index (χ2v) is 6.93. The lowest BCUT2D eigenvalue weighted by molar-refractivity contribution is 0.254. The smallest absolute Gasteiger partial charge is 0.127 e. The summed E-state index contributed by atoms with van der Waals surface area (Å²) >= 11 is 0. The number of aromatic nitrogens is 2. The minimum absolute atomic E-state index is 0.0712. The number of benzene rings is 2. The lowest BCUT2D eigenvalue weighted by Gasteiger charge is -2.30. The van der Waals surface area contributed by atoms with Crippen molar-refractivity contribution in [2.24, 2.45) is 0 Å². The van der Waals surface area contributed by atoms with Crippen molar-refractivity contribution in [1.29, 1.82) is 0 Å². The molecule has 1 aliphatic heterocycles. The third-order valence-electron chi connectivity index (χ3n) is 5.06. The van der Waals surface area contributed by atoms with E-state index >= 15 is 0 Å². The van der Waals surface area contributed by atoms with Gasteiger partial charge in [0.2, 0.25) is 0 Å². The molecule has 3 aromatic rings. The molecule has 144 valence electrons. The summed E-state index contributed by atoms with van der Waals surface area (Å²) in [7, 11) is 0. The van der Waals surface area contributed by atoms with Gasteiger partial charge < -0.3 is 14.7 Å². The van der Waals surface area contributed by atoms with Gasteiger partial charge in [0, 0.05) is 36.3 Å². The number of para-hydroxylation sites is 1. The zero-order valence-corrected chi connectivity index (χ0v) is 15.9. The largest absolute Gasteiger partial charge is 0.487 e. The molecule has 0 saturated heterocycles. The summed E-state index contributed by atoms with van der Waals surface area (Å²) in [5.74, 6) is 0.849. The molecule has 0 fully saturated rings. The summed E-state index contributed by atoms with van der Waals surface area (Å²) in [5.41, 5.74) is 5.50. The molecule has 0 aliphatic carbocycles. The van der Waals surface area contributed by atoms with Crippen LogP contribution in [0, 0.1) is 0 Å². The molecule has 28 heavy (non-hydrogen) atoms. The first kappa shape index (κ1) is 18.3. The fourth-order valence-corrected chi connectivity index (χ4v) is 3.65. The van der Waals surface area contributed by atoms with Crippen LogP contribution in [0.25, 0.3) is 11.3 Å². The normalized spacial score (nSPS) is 13.2. The highest BCUT2D eigenvalue weighted by atomic mass is 16.5. The zero-order valence-electron chi connectivity index (χ0n) is 15.9. The maximum Gasteiger partial charge on any atom is 0.127 e. The molecule has 0 saturated carbocycles. The molecule has 1 aromatic heterocycles. The SMILES string of the molecule is C=C(COc1ccccc1)N1CCc2nn(CCO)c(-c3ccccc3)c2C1. The van der Waals surface area contributed by atoms with E-state index in [1.807, 2.05) is 53.2 Å². The van der Waals surface area contributed by atoms with Crippen LogP contribution in [0.3, 0.4) is 0 Å². The van der Waals surface area contributed by atoms with Crippen LogP contribution in [0.5, 0.6) is 5.75 Å². The van der Waals surface area contributed by atoms with Crippen LogP contribution < -0.4 is 4.74 Å². The Morgan fingerprint density at radius 3 is 2.50 bits per heavy atom. The molecule has 1 N–H and O–H groups in total. The van der Waals surface area contributed by atoms with Gasteiger partial charge in [-0.05, 0) is 12.1 Å². The Bertz CT molecular complexity index is 935. The van der Waals surface area contributed by atoms with E-state index in [1.54, 1.807) is 0 Å². The van der Waals surface area contributed by atoms with Gasteiger partial charge in [-0.15, -0.1) is 0 Å². The summed E-state index contributed by atoms with van der Waals surface area (Å²) in [6, 6.07) is 20.1. The molecule has 2 heterocycles. The molecule has 5 heteroatoms. The Morgan fingerprint density at radius 1 is 1.07 bits per heavy atom. The Labute approximate surface area is 165 Å². The van der Waals surface area contributed by atoms with Gasteiger partial charge in [-0.3, -0.25) is 4.68 Å². The van der Waals surface area contributed by atoms with Crippen LogP contribution in [-0.4, -0.2) is 39.5 Å². The van der Waals surface area contributed by atoms with Crippen LogP contribution >= 0.6 is 0 Å². The first-order valence-electron chi connectivity index (χ1n) is 9.61. The van der Waals surface area contributed by atoms with Gasteiger partial charge in [-0.2, -0.15) is 5.10 Å². The molecule has 4 rings (SSSR count). The van der Waals surface area contributed by atoms with E-state index in [4.69, 9.17) is 9.84 Å². The van der Waals surface area contributed by atoms with E-state index < -0.39 is 0 Å². The summed E-state index contributed by atoms with van der Waals surface area (Å²) in [4.78, 5) is 2.27. The maximum atomic E-state index is 9.47. The molecular weight excluding hydrogens is 350 g/mol. The first-order chi connectivity index (χ1) is 13.8. The van der Waals surface area contributed by atoms with E-state index in [9.17, 15) is 5.11 Å². The van der Waals surface area contributed by atoms with E-state index in [-0.39, 0.29) is 6.61 Å². The van der Waals surface area contributed by atoms with Gasteiger partial charge in [0.05, 0.1) is 24.5 Å². The third-order valence-corrected chi connectivity index (χ3v) is 5.06. The quantitative estimate of drug-likeness (QED) is 0.687. The number of hydrogen-bond acceptors (Lipinski definition) is 4. The van der Waals surface area contributed by atoms with Crippen LogP contribution in [-0.2, 0) is 19.5 Å². The van der Waals surface area contributed by atoms with Crippen molar-refractivity contribution in [3.63, 3.8) is 0 Å². The minimum Gasteiger partial charge on any atom is -0.487 e. The average Bonchev–Trinajstić information content (AvgIpc) is 3.11. The number of rotatable bonds is 7. The predicted molar refractivity (Wildman–Crippen MR) is 110 cm³/mol. The monoisotopic (exact) mass is 375 g/mol. The van der Waals surface area contributed by atoms with E-state index in [0.29, 0.717) is 13.2 Å². The van der Waals surface area contributed by atoms with Crippen molar-refractivity contribution >= 4 is 0 Å². The second-order valence-electron chi connectivity index (χ2n) is 6.93. The number of aliphatic hydroxyl groups excluding tert-OH is 1. The van der Waals surface area contributed by atoms with Crippen molar-refractivity contribution < 1.29 is 9.84 Å². The zero-order chi connectivity index (χ0) is 19.3. The average molecular weight is 375 g/mol. The lowest BCUT2D eigenvalue weighted by atomic mass is 10.0. The van der Waals surface area contributed by atoms with Crippen LogP contribution in [0.15, 0.2) is 72.9 Å². The molecule has 0 amide bonds. The van der Waals surface area contributed by atoms with Crippen LogP contribution in [0.4, 0.5) is 0 Å². The van der Waals surface area contributed by atoms with Crippen molar-refractivity contribution in [3.05, 3.63) is 84.2 Å². The fourth-order valence-electron chi connectivity index (χ4n) is 3.65. The molecule has 2 aromatic carbocycles. The van der Waals surface area contributed by atoms with Gasteiger partial charge in [-0.1, -0.05) is 55.1 Å². The summed E-state index contributed by atoms with van der Waals surface area (Å²) in [5, 5.41) is 14.2. The van der Waals surface area contributed by atoms with E-state index in [2.05, 4.69) is 23.6 Å². The molecular formula is C23H25N3O2. The first-order valence-corrected chi connectivity index (χ1v) is 9.61. The predicted octanol–water partition coefficient (Wildman–Crippen LogP) is 3.49. The van der Waals surface area contributed by atoms with Crippen molar-refractivity contribution in [2.75, 3.05) is 19.8 Å². The van der Waals surface area contributed by atoms with Crippen molar-refractivity contribution in [2.45, 2.75) is 19.5 Å². The Hall–Kier alpha value is -3.05. The number of fused-ring (bicyclic) bond motifs is 1. The molecule has 0 atom stereocenters. The summed E-state index contributed by atoms with van der Waals surface area (Å²) in [6.45, 7) is 6.90. The van der Waals surface area contributed by atoms with Gasteiger partial charge >= 0.3 is 0 Å². The summed E-state index contributed by atoms with van der Waals surface area (Å²) in [6.07, 6.45) is 0.859. The van der Waals surface area contributed by atoms with Crippen molar-refractivity contribution in [1.82, 2.24) is 14.7 Å². The molecule has 0 radical (unpaired) electrons. The highest BCUT2D eigenvalue weighted by Gasteiger charge is 2.26. The number of ether oxygens (including phenoxy) is 1. The number of nitrogens with zero attached hydrogens (tertiary/aromatic N) is 3. The van der Waals surface area contributed by atoms with E-state index in [1.165, 1.54) is 5.56 Å². The van der Waals surface area contributed by atoms with E-state index in [0.717, 1.165) is 47.9 Å². The highest BCUT2D eigenvalue weighted by Crippen LogP contribution is 2.31. The number of hydrogen-bond donors (Lipinski definition) is 1. The van der Waals surface area contributed by atoms with Crippen LogP contribution in [0.1, 0.15) is 11.3 Å². The van der Waals surface area contributed by atoms with Gasteiger partial charge in [0.25, 0.3) is 0 Å². The molecule has 5 nitrogen and oxygen atoms in total. The van der Waals surface area contributed by atoms with Gasteiger partial charge in [0.1, 0.15) is 12.4 Å². The second kappa shape index (κ2) is 8.31. The topological polar surface area (TPSA) is 50.5 Å². The fraction of sp³-hybridized carbons (Fsp3) is 0.261.